The van der Waals surface area contributed by atoms with E-state index in [0.29, 0.717) is 129 Å². The number of hydrogen-bond acceptors (Lipinski definition) is 15. The first-order valence-electron chi connectivity index (χ1n) is 35.4. The van der Waals surface area contributed by atoms with Gasteiger partial charge in [0.25, 0.3) is 17.7 Å². The average molecular weight is 1410 g/mol. The number of aliphatic hydroxyl groups is 2. The number of ether oxygens (including phenoxy) is 3. The van der Waals surface area contributed by atoms with Gasteiger partial charge in [-0.15, -0.1) is 0 Å². The Hall–Kier alpha value is -4.02. The summed E-state index contributed by atoms with van der Waals surface area (Å²) in [7, 11) is 0. The number of aliphatic hydroxyl groups excluding tert-OH is 1. The van der Waals surface area contributed by atoms with Crippen molar-refractivity contribution in [1.29, 1.82) is 0 Å². The number of amides is 3. The zero-order valence-corrected chi connectivity index (χ0v) is 61.0. The predicted molar refractivity (Wildman–Crippen MR) is 377 cm³/mol. The SMILES string of the molecule is C.C.C.Cc1c(N2CCC(OCC3(C)CC3)C3CC32)nc2c(c1C)C(=O)N1CCC(=O)CC21.Cc1c(N2CCC(OCC3(C)CC3)C3CC32)nc2c(c1C)C(=O)N1CCC(C)(O)CC21.Cc1c(N2CCC(OCC3(C)CC3)C3CC32)nc2c(c1C)C(=O)N1CCC(O)CC21.[Br-].[CH3-].[Mg+2]. The Labute approximate surface area is 606 Å². The van der Waals surface area contributed by atoms with Crippen LogP contribution in [0.3, 0.4) is 0 Å². The molecule has 97 heavy (non-hydrogen) atoms. The predicted octanol–water partition coefficient (Wildman–Crippen LogP) is 8.98. The number of carbonyl (C=O) groups excluding carboxylic acids is 4. The fraction of sp³-hybridized carbons (Fsp3) is 0.740. The van der Waals surface area contributed by atoms with Gasteiger partial charge in [0, 0.05) is 94.4 Å². The maximum Gasteiger partial charge on any atom is 2.00 e. The molecule has 9 aliphatic heterocycles. The fourth-order valence-corrected chi connectivity index (χ4v) is 17.8. The molecule has 530 valence electrons. The monoisotopic (exact) mass is 1410 g/mol. The van der Waals surface area contributed by atoms with Crippen LogP contribution in [0.4, 0.5) is 17.5 Å². The maximum atomic E-state index is 13.2. The zero-order valence-electron chi connectivity index (χ0n) is 58.0. The van der Waals surface area contributed by atoms with Crippen LogP contribution >= 0.6 is 0 Å². The third-order valence-electron chi connectivity index (χ3n) is 25.6. The number of hydrogen-bond donors (Lipinski definition) is 2. The van der Waals surface area contributed by atoms with Crippen molar-refractivity contribution < 1.29 is 60.6 Å². The number of carbonyl (C=O) groups is 4. The summed E-state index contributed by atoms with van der Waals surface area (Å²) in [5.41, 5.74) is 12.1. The normalized spacial score (nSPS) is 33.3. The number of aromatic nitrogens is 3. The largest absolute Gasteiger partial charge is 2.00 e. The van der Waals surface area contributed by atoms with Gasteiger partial charge in [-0.1, -0.05) is 43.1 Å². The van der Waals surface area contributed by atoms with E-state index in [1.807, 2.05) is 28.5 Å². The van der Waals surface area contributed by atoms with E-state index < -0.39 is 5.60 Å². The van der Waals surface area contributed by atoms with Crippen molar-refractivity contribution in [3.05, 3.63) is 74.6 Å². The van der Waals surface area contributed by atoms with Crippen molar-refractivity contribution in [3.8, 4) is 0 Å². The first-order valence-corrected chi connectivity index (χ1v) is 35.4. The van der Waals surface area contributed by atoms with Gasteiger partial charge in [0.05, 0.1) is 102 Å². The van der Waals surface area contributed by atoms with Gasteiger partial charge in [0.15, 0.2) is 0 Å². The average Bonchev–Trinajstić information content (AvgIpc) is 1.58. The molecular weight excluding hydrogens is 1300 g/mol. The Morgan fingerprint density at radius 2 is 0.794 bits per heavy atom. The van der Waals surface area contributed by atoms with Crippen LogP contribution in [0.15, 0.2) is 0 Å². The molecule has 18 rings (SSSR count). The molecule has 14 atom stereocenters. The molecule has 12 heterocycles. The molecule has 3 aromatic rings. The molecule has 6 saturated heterocycles. The Bertz CT molecular complexity index is 3560. The summed E-state index contributed by atoms with van der Waals surface area (Å²) in [6, 6.07) is 1.20. The van der Waals surface area contributed by atoms with E-state index in [9.17, 15) is 29.4 Å². The third-order valence-corrected chi connectivity index (χ3v) is 25.6. The molecule has 3 aromatic heterocycles. The minimum Gasteiger partial charge on any atom is -1.00 e. The second kappa shape index (κ2) is 27.3. The second-order valence-corrected chi connectivity index (χ2v) is 32.8. The van der Waals surface area contributed by atoms with Gasteiger partial charge >= 0.3 is 23.1 Å². The van der Waals surface area contributed by atoms with Crippen LogP contribution in [-0.2, 0) is 19.0 Å². The van der Waals surface area contributed by atoms with E-state index in [-0.39, 0.29) is 117 Å². The molecular formula is C77H114BrMgN9O9. The number of halogens is 1. The van der Waals surface area contributed by atoms with Crippen LogP contribution in [0.2, 0.25) is 0 Å². The minimum atomic E-state index is -0.737. The minimum absolute atomic E-state index is 0. The Morgan fingerprint density at radius 1 is 0.454 bits per heavy atom. The number of Topliss-reactive ketones (excluding diaryl/α,β-unsaturated/α-hetero) is 1. The molecule has 2 N–H and O–H groups in total. The third kappa shape index (κ3) is 13.5. The summed E-state index contributed by atoms with van der Waals surface area (Å²) >= 11 is 0. The van der Waals surface area contributed by atoms with Gasteiger partial charge in [0.1, 0.15) is 23.2 Å². The second-order valence-electron chi connectivity index (χ2n) is 32.8. The van der Waals surface area contributed by atoms with Gasteiger partial charge in [-0.3, -0.25) is 19.2 Å². The van der Waals surface area contributed by atoms with Gasteiger partial charge in [0.2, 0.25) is 0 Å². The van der Waals surface area contributed by atoms with E-state index in [0.717, 1.165) is 143 Å². The molecule has 3 amide bonds. The number of fused-ring (bicyclic) bond motifs is 12. The van der Waals surface area contributed by atoms with E-state index in [1.165, 1.54) is 57.8 Å². The molecule has 18 nitrogen and oxygen atoms in total. The number of piperidine rings is 6. The maximum absolute atomic E-state index is 13.2. The van der Waals surface area contributed by atoms with Crippen molar-refractivity contribution in [3.63, 3.8) is 0 Å². The number of ketones is 1. The summed E-state index contributed by atoms with van der Waals surface area (Å²) in [6.07, 6.45) is 18.7. The number of nitrogens with zero attached hydrogens (tertiary/aromatic N) is 9. The molecule has 14 unspecified atom stereocenters. The molecule has 6 saturated carbocycles. The van der Waals surface area contributed by atoms with E-state index in [2.05, 4.69) is 70.1 Å². The Balaban J connectivity index is 0.000000153. The summed E-state index contributed by atoms with van der Waals surface area (Å²) in [5.74, 6) is 5.47. The standard InChI is InChI=1S/C25H35N3O3.C24H33N3O3.C24H31N3O3.3CH4.CH3.BrH.Mg/c1-14-15(2)22(26-21-18-12-25(4,30)8-10-28(18)23(29)20(14)21)27-9-5-19(16-11-17(16)27)31-13-24(3)6-7-24;2*1-13-14(2)22(25-21-18-10-15(28)4-8-27(18)23(29)20(13)21)26-9-5-19(16-11-17(16)26)30-12-24(3)6-7-24;;;;;;/h16-19,30H,5-13H2,1-4H3;15-19,28H,4-12H2,1-3H3;16-19H,4-12H2,1-3H3;3*1H4;1H3;1H;/q;;;;;;-1;;+2/p-1. The number of rotatable bonds is 12. The van der Waals surface area contributed by atoms with Crippen LogP contribution in [-0.4, -0.2) is 194 Å². The van der Waals surface area contributed by atoms with Crippen molar-refractivity contribution in [2.75, 3.05) is 73.8 Å². The van der Waals surface area contributed by atoms with Crippen molar-refractivity contribution in [2.45, 2.75) is 273 Å². The summed E-state index contributed by atoms with van der Waals surface area (Å²) in [5, 5.41) is 20.9. The van der Waals surface area contributed by atoms with Crippen LogP contribution in [0.1, 0.15) is 265 Å². The van der Waals surface area contributed by atoms with Crippen molar-refractivity contribution in [1.82, 2.24) is 29.7 Å². The molecule has 15 aliphatic rings. The summed E-state index contributed by atoms with van der Waals surface area (Å²) < 4.78 is 19.0. The molecule has 0 bridgehead atoms. The quantitative estimate of drug-likeness (QED) is 0.129. The van der Waals surface area contributed by atoms with Gasteiger partial charge in [-0.05, 0) is 194 Å². The smallest absolute Gasteiger partial charge is 1.00 e. The van der Waals surface area contributed by atoms with Crippen LogP contribution in [0.5, 0.6) is 0 Å². The number of pyridine rings is 3. The molecule has 20 heteroatoms. The van der Waals surface area contributed by atoms with Crippen molar-refractivity contribution in [2.24, 2.45) is 34.0 Å². The Kier molecular flexibility index (Phi) is 21.3. The van der Waals surface area contributed by atoms with Gasteiger partial charge in [-0.2, -0.15) is 0 Å². The van der Waals surface area contributed by atoms with Gasteiger partial charge < -0.3 is 78.2 Å². The molecule has 12 fully saturated rings. The molecule has 0 radical (unpaired) electrons. The first kappa shape index (κ1) is 75.6. The van der Waals surface area contributed by atoms with Crippen LogP contribution in [0.25, 0.3) is 0 Å². The van der Waals surface area contributed by atoms with Crippen LogP contribution in [0, 0.1) is 83.0 Å². The molecule has 0 aromatic carbocycles. The number of anilines is 3. The molecule has 0 spiro atoms. The summed E-state index contributed by atoms with van der Waals surface area (Å²) in [4.78, 5) is 79.8. The van der Waals surface area contributed by atoms with E-state index >= 15 is 0 Å². The topological polar surface area (TPSA) is 195 Å². The Morgan fingerprint density at radius 3 is 1.18 bits per heavy atom. The van der Waals surface area contributed by atoms with Crippen molar-refractivity contribution >= 4 is 64.0 Å². The van der Waals surface area contributed by atoms with Gasteiger partial charge in [-0.25, -0.2) is 15.0 Å². The van der Waals surface area contributed by atoms with E-state index in [4.69, 9.17) is 29.2 Å². The molecule has 6 aliphatic carbocycles. The van der Waals surface area contributed by atoms with E-state index in [1.54, 1.807) is 0 Å². The zero-order chi connectivity index (χ0) is 63.3. The fourth-order valence-electron chi connectivity index (χ4n) is 17.8. The first-order chi connectivity index (χ1) is 43.4. The summed E-state index contributed by atoms with van der Waals surface area (Å²) in [6.45, 7) is 28.8. The van der Waals surface area contributed by atoms with Crippen LogP contribution < -0.4 is 31.7 Å².